The van der Waals surface area contributed by atoms with Gasteiger partial charge in [0.25, 0.3) is 0 Å². The molecule has 0 aliphatic carbocycles. The lowest BCUT2D eigenvalue weighted by Gasteiger charge is -2.15. The number of aryl methyl sites for hydroxylation is 1. The van der Waals surface area contributed by atoms with Crippen LogP contribution in [0.3, 0.4) is 0 Å². The summed E-state index contributed by atoms with van der Waals surface area (Å²) in [6, 6.07) is 1.99. The van der Waals surface area contributed by atoms with E-state index in [4.69, 9.17) is 0 Å². The molecule has 0 radical (unpaired) electrons. The van der Waals surface area contributed by atoms with Gasteiger partial charge in [-0.25, -0.2) is 9.97 Å². The summed E-state index contributed by atoms with van der Waals surface area (Å²) in [6.45, 7) is 9.56. The molecule has 0 amide bonds. The molecule has 0 unspecified atom stereocenters. The minimum absolute atomic E-state index is 0.810. The first kappa shape index (κ1) is 14.1. The summed E-state index contributed by atoms with van der Waals surface area (Å²) < 4.78 is 0. The van der Waals surface area contributed by atoms with Gasteiger partial charge in [0.1, 0.15) is 17.5 Å². The quantitative estimate of drug-likeness (QED) is 0.789. The van der Waals surface area contributed by atoms with E-state index in [1.165, 1.54) is 25.9 Å². The molecule has 19 heavy (non-hydrogen) atoms. The zero-order valence-electron chi connectivity index (χ0n) is 12.1. The first-order chi connectivity index (χ1) is 9.28. The van der Waals surface area contributed by atoms with Gasteiger partial charge >= 0.3 is 0 Å². The van der Waals surface area contributed by atoms with Gasteiger partial charge in [0.2, 0.25) is 0 Å². The summed E-state index contributed by atoms with van der Waals surface area (Å²) in [4.78, 5) is 11.3. The molecule has 2 N–H and O–H groups in total. The lowest BCUT2D eigenvalue weighted by Crippen LogP contribution is -2.26. The zero-order valence-corrected chi connectivity index (χ0v) is 12.1. The summed E-state index contributed by atoms with van der Waals surface area (Å²) in [6.07, 6.45) is 3.79. The van der Waals surface area contributed by atoms with Crippen molar-refractivity contribution in [2.45, 2.75) is 33.1 Å². The highest BCUT2D eigenvalue weighted by atomic mass is 15.2. The van der Waals surface area contributed by atoms with Crippen LogP contribution in [0.15, 0.2) is 6.07 Å². The van der Waals surface area contributed by atoms with Gasteiger partial charge in [-0.1, -0.05) is 6.92 Å². The summed E-state index contributed by atoms with van der Waals surface area (Å²) in [5.41, 5.74) is 0. The molecular formula is C14H25N5. The molecule has 1 aliphatic heterocycles. The lowest BCUT2D eigenvalue weighted by molar-refractivity contribution is 0.352. The molecule has 0 atom stereocenters. The van der Waals surface area contributed by atoms with E-state index in [1.54, 1.807) is 0 Å². The third-order valence-corrected chi connectivity index (χ3v) is 3.33. The van der Waals surface area contributed by atoms with Gasteiger partial charge in [-0.15, -0.1) is 0 Å². The van der Waals surface area contributed by atoms with Crippen LogP contribution < -0.4 is 10.6 Å². The normalized spacial score (nSPS) is 15.7. The van der Waals surface area contributed by atoms with Crippen molar-refractivity contribution in [3.63, 3.8) is 0 Å². The lowest BCUT2D eigenvalue weighted by atomic mass is 10.4. The van der Waals surface area contributed by atoms with E-state index in [1.807, 2.05) is 13.0 Å². The van der Waals surface area contributed by atoms with Crippen molar-refractivity contribution in [3.8, 4) is 0 Å². The molecule has 0 aromatic carbocycles. The second-order valence-corrected chi connectivity index (χ2v) is 5.09. The Balaban J connectivity index is 1.82. The highest BCUT2D eigenvalue weighted by Gasteiger charge is 2.10. The number of nitrogens with one attached hydrogen (secondary N) is 2. The molecule has 1 aromatic heterocycles. The van der Waals surface area contributed by atoms with E-state index in [-0.39, 0.29) is 0 Å². The number of likely N-dealkylation sites (tertiary alicyclic amines) is 1. The molecule has 1 fully saturated rings. The Hall–Kier alpha value is -1.36. The number of hydrogen-bond acceptors (Lipinski definition) is 5. The Morgan fingerprint density at radius 3 is 2.37 bits per heavy atom. The Kier molecular flexibility index (Phi) is 5.39. The van der Waals surface area contributed by atoms with Crippen LogP contribution in [-0.2, 0) is 0 Å². The minimum atomic E-state index is 0.810. The Bertz CT molecular complexity index is 387. The number of rotatable bonds is 7. The second-order valence-electron chi connectivity index (χ2n) is 5.09. The highest BCUT2D eigenvalue weighted by molar-refractivity contribution is 5.47. The van der Waals surface area contributed by atoms with Crippen LogP contribution in [0.4, 0.5) is 11.6 Å². The Morgan fingerprint density at radius 1 is 1.11 bits per heavy atom. The fourth-order valence-corrected chi connectivity index (χ4v) is 2.35. The van der Waals surface area contributed by atoms with Crippen molar-refractivity contribution in [2.24, 2.45) is 0 Å². The fourth-order valence-electron chi connectivity index (χ4n) is 2.35. The topological polar surface area (TPSA) is 53.1 Å². The van der Waals surface area contributed by atoms with Gasteiger partial charge in [0.05, 0.1) is 0 Å². The minimum Gasteiger partial charge on any atom is -0.370 e. The Labute approximate surface area is 115 Å². The maximum absolute atomic E-state index is 4.43. The van der Waals surface area contributed by atoms with Crippen molar-refractivity contribution in [1.29, 1.82) is 0 Å². The van der Waals surface area contributed by atoms with Crippen LogP contribution >= 0.6 is 0 Å². The van der Waals surface area contributed by atoms with Crippen molar-refractivity contribution in [3.05, 3.63) is 11.9 Å². The van der Waals surface area contributed by atoms with E-state index in [0.717, 1.165) is 43.5 Å². The molecular weight excluding hydrogens is 238 g/mol. The van der Waals surface area contributed by atoms with E-state index < -0.39 is 0 Å². The average molecular weight is 263 g/mol. The van der Waals surface area contributed by atoms with Gasteiger partial charge in [0.15, 0.2) is 0 Å². The van der Waals surface area contributed by atoms with E-state index in [9.17, 15) is 0 Å². The third-order valence-electron chi connectivity index (χ3n) is 3.33. The summed E-state index contributed by atoms with van der Waals surface area (Å²) >= 11 is 0. The highest BCUT2D eigenvalue weighted by Crippen LogP contribution is 2.11. The fraction of sp³-hybridized carbons (Fsp3) is 0.714. The van der Waals surface area contributed by atoms with Gasteiger partial charge in [-0.3, -0.25) is 0 Å². The summed E-state index contributed by atoms with van der Waals surface area (Å²) in [5, 5.41) is 6.70. The maximum atomic E-state index is 4.43. The SMILES string of the molecule is CCCNc1cc(NCCN2CCCC2)nc(C)n1. The van der Waals surface area contributed by atoms with Crippen LogP contribution in [0.25, 0.3) is 0 Å². The van der Waals surface area contributed by atoms with E-state index >= 15 is 0 Å². The number of aromatic nitrogens is 2. The molecule has 0 spiro atoms. The van der Waals surface area contributed by atoms with Gasteiger partial charge in [-0.2, -0.15) is 0 Å². The molecule has 1 saturated heterocycles. The van der Waals surface area contributed by atoms with Crippen molar-refractivity contribution in [2.75, 3.05) is 43.4 Å². The first-order valence-electron chi connectivity index (χ1n) is 7.33. The van der Waals surface area contributed by atoms with Crippen LogP contribution in [0, 0.1) is 6.92 Å². The molecule has 2 rings (SSSR count). The molecule has 0 saturated carbocycles. The summed E-state index contributed by atoms with van der Waals surface area (Å²) in [5.74, 6) is 2.65. The van der Waals surface area contributed by atoms with E-state index in [0.29, 0.717) is 0 Å². The van der Waals surface area contributed by atoms with Crippen molar-refractivity contribution < 1.29 is 0 Å². The molecule has 5 heteroatoms. The monoisotopic (exact) mass is 263 g/mol. The molecule has 5 nitrogen and oxygen atoms in total. The standard InChI is InChI=1S/C14H25N5/c1-3-6-15-13-11-14(18-12(2)17-13)16-7-10-19-8-4-5-9-19/h11H,3-10H2,1-2H3,(H2,15,16,17,18). The smallest absolute Gasteiger partial charge is 0.131 e. The van der Waals surface area contributed by atoms with Gasteiger partial charge in [-0.05, 0) is 39.3 Å². The Morgan fingerprint density at radius 2 is 1.74 bits per heavy atom. The predicted molar refractivity (Wildman–Crippen MR) is 79.7 cm³/mol. The predicted octanol–water partition coefficient (Wildman–Crippen LogP) is 2.11. The van der Waals surface area contributed by atoms with Crippen LogP contribution in [-0.4, -0.2) is 47.6 Å². The third kappa shape index (κ3) is 4.67. The van der Waals surface area contributed by atoms with Crippen molar-refractivity contribution >= 4 is 11.6 Å². The second kappa shape index (κ2) is 7.28. The van der Waals surface area contributed by atoms with Crippen LogP contribution in [0.2, 0.25) is 0 Å². The largest absolute Gasteiger partial charge is 0.370 e. The first-order valence-corrected chi connectivity index (χ1v) is 7.33. The molecule has 1 aliphatic rings. The van der Waals surface area contributed by atoms with Crippen LogP contribution in [0.1, 0.15) is 32.0 Å². The number of hydrogen-bond donors (Lipinski definition) is 2. The van der Waals surface area contributed by atoms with Crippen molar-refractivity contribution in [1.82, 2.24) is 14.9 Å². The number of nitrogens with zero attached hydrogens (tertiary/aromatic N) is 3. The molecule has 0 bridgehead atoms. The van der Waals surface area contributed by atoms with Gasteiger partial charge < -0.3 is 15.5 Å². The number of anilines is 2. The van der Waals surface area contributed by atoms with Crippen LogP contribution in [0.5, 0.6) is 0 Å². The average Bonchev–Trinajstić information content (AvgIpc) is 2.89. The summed E-state index contributed by atoms with van der Waals surface area (Å²) in [7, 11) is 0. The zero-order chi connectivity index (χ0) is 13.5. The maximum Gasteiger partial charge on any atom is 0.131 e. The molecule has 1 aromatic rings. The molecule has 106 valence electrons. The molecule has 2 heterocycles. The van der Waals surface area contributed by atoms with E-state index in [2.05, 4.69) is 32.4 Å². The van der Waals surface area contributed by atoms with Gasteiger partial charge in [0, 0.05) is 25.7 Å².